The standard InChI is InChI=1S/C13H15F2NO3/c1-3-19-13(18)8(2)16-11(17)7-9-5-4-6-10(14)12(9)15/h4-6,8H,3,7H2,1-2H3,(H,16,17). The first-order valence-corrected chi connectivity index (χ1v) is 5.84. The molecule has 1 N–H and O–H groups in total. The summed E-state index contributed by atoms with van der Waals surface area (Å²) in [6.45, 7) is 3.31. The Morgan fingerprint density at radius 3 is 2.68 bits per heavy atom. The second kappa shape index (κ2) is 6.82. The highest BCUT2D eigenvalue weighted by molar-refractivity contribution is 5.85. The van der Waals surface area contributed by atoms with Crippen LogP contribution >= 0.6 is 0 Å². The predicted molar refractivity (Wildman–Crippen MR) is 64.3 cm³/mol. The molecule has 0 saturated heterocycles. The van der Waals surface area contributed by atoms with Crippen LogP contribution in [0.25, 0.3) is 0 Å². The monoisotopic (exact) mass is 271 g/mol. The summed E-state index contributed by atoms with van der Waals surface area (Å²) in [4.78, 5) is 22.9. The Kier molecular flexibility index (Phi) is 5.41. The normalized spacial score (nSPS) is 11.8. The highest BCUT2D eigenvalue weighted by atomic mass is 19.2. The molecule has 0 heterocycles. The summed E-state index contributed by atoms with van der Waals surface area (Å²) >= 11 is 0. The molecule has 1 atom stereocenters. The van der Waals surface area contributed by atoms with Crippen LogP contribution in [-0.2, 0) is 20.7 Å². The molecule has 0 aromatic heterocycles. The first-order valence-electron chi connectivity index (χ1n) is 5.84. The predicted octanol–water partition coefficient (Wildman–Crippen LogP) is 1.58. The summed E-state index contributed by atoms with van der Waals surface area (Å²) in [6.07, 6.45) is -0.340. The van der Waals surface area contributed by atoms with E-state index in [2.05, 4.69) is 5.32 Å². The molecule has 0 fully saturated rings. The van der Waals surface area contributed by atoms with Gasteiger partial charge in [0.1, 0.15) is 6.04 Å². The fourth-order valence-electron chi connectivity index (χ4n) is 1.48. The van der Waals surface area contributed by atoms with E-state index in [1.54, 1.807) is 6.92 Å². The molecule has 0 aliphatic rings. The third-order valence-electron chi connectivity index (χ3n) is 2.40. The highest BCUT2D eigenvalue weighted by Gasteiger charge is 2.18. The smallest absolute Gasteiger partial charge is 0.328 e. The molecule has 0 spiro atoms. The van der Waals surface area contributed by atoms with E-state index in [0.29, 0.717) is 0 Å². The van der Waals surface area contributed by atoms with Gasteiger partial charge in [0.25, 0.3) is 0 Å². The van der Waals surface area contributed by atoms with E-state index >= 15 is 0 Å². The summed E-state index contributed by atoms with van der Waals surface area (Å²) in [5.74, 6) is -3.22. The van der Waals surface area contributed by atoms with Crippen molar-refractivity contribution in [1.82, 2.24) is 5.32 Å². The maximum absolute atomic E-state index is 13.3. The van der Waals surface area contributed by atoms with Crippen molar-refractivity contribution < 1.29 is 23.1 Å². The summed E-state index contributed by atoms with van der Waals surface area (Å²) < 4.78 is 31.0. The fourth-order valence-corrected chi connectivity index (χ4v) is 1.48. The van der Waals surface area contributed by atoms with Gasteiger partial charge in [0.05, 0.1) is 13.0 Å². The lowest BCUT2D eigenvalue weighted by Crippen LogP contribution is -2.40. The largest absolute Gasteiger partial charge is 0.464 e. The minimum absolute atomic E-state index is 0.0615. The van der Waals surface area contributed by atoms with E-state index in [-0.39, 0.29) is 18.6 Å². The van der Waals surface area contributed by atoms with Crippen LogP contribution in [-0.4, -0.2) is 24.5 Å². The average Bonchev–Trinajstić information content (AvgIpc) is 2.35. The minimum atomic E-state index is -1.05. The van der Waals surface area contributed by atoms with Gasteiger partial charge < -0.3 is 10.1 Å². The van der Waals surface area contributed by atoms with Crippen molar-refractivity contribution in [2.45, 2.75) is 26.3 Å². The van der Waals surface area contributed by atoms with Crippen LogP contribution in [0.2, 0.25) is 0 Å². The van der Waals surface area contributed by atoms with Gasteiger partial charge >= 0.3 is 5.97 Å². The fraction of sp³-hybridized carbons (Fsp3) is 0.385. The Balaban J connectivity index is 2.60. The van der Waals surface area contributed by atoms with Crippen LogP contribution in [0.1, 0.15) is 19.4 Å². The van der Waals surface area contributed by atoms with Crippen LogP contribution in [0, 0.1) is 11.6 Å². The van der Waals surface area contributed by atoms with Crippen molar-refractivity contribution in [2.24, 2.45) is 0 Å². The molecular weight excluding hydrogens is 256 g/mol. The molecule has 1 aromatic carbocycles. The number of nitrogens with one attached hydrogen (secondary N) is 1. The Labute approximate surface area is 109 Å². The topological polar surface area (TPSA) is 55.4 Å². The second-order valence-corrected chi connectivity index (χ2v) is 3.93. The maximum Gasteiger partial charge on any atom is 0.328 e. The molecule has 4 nitrogen and oxygen atoms in total. The van der Waals surface area contributed by atoms with E-state index < -0.39 is 29.6 Å². The second-order valence-electron chi connectivity index (χ2n) is 3.93. The van der Waals surface area contributed by atoms with Gasteiger partial charge in [-0.25, -0.2) is 13.6 Å². The quantitative estimate of drug-likeness (QED) is 0.827. The van der Waals surface area contributed by atoms with Gasteiger partial charge in [-0.05, 0) is 19.9 Å². The van der Waals surface area contributed by atoms with Crippen molar-refractivity contribution in [3.8, 4) is 0 Å². The highest BCUT2D eigenvalue weighted by Crippen LogP contribution is 2.11. The minimum Gasteiger partial charge on any atom is -0.464 e. The van der Waals surface area contributed by atoms with Crippen LogP contribution in [0.3, 0.4) is 0 Å². The van der Waals surface area contributed by atoms with Gasteiger partial charge in [-0.15, -0.1) is 0 Å². The third kappa shape index (κ3) is 4.31. The number of carbonyl (C=O) groups is 2. The van der Waals surface area contributed by atoms with E-state index in [1.165, 1.54) is 19.1 Å². The number of amides is 1. The molecule has 0 radical (unpaired) electrons. The van der Waals surface area contributed by atoms with Crippen molar-refractivity contribution in [2.75, 3.05) is 6.61 Å². The van der Waals surface area contributed by atoms with Crippen molar-refractivity contribution >= 4 is 11.9 Å². The van der Waals surface area contributed by atoms with E-state index in [4.69, 9.17) is 4.74 Å². The third-order valence-corrected chi connectivity index (χ3v) is 2.40. The number of halogens is 2. The van der Waals surface area contributed by atoms with Gasteiger partial charge in [0.2, 0.25) is 5.91 Å². The zero-order chi connectivity index (χ0) is 14.4. The van der Waals surface area contributed by atoms with Crippen LogP contribution < -0.4 is 5.32 Å². The lowest BCUT2D eigenvalue weighted by Gasteiger charge is -2.12. The number of ether oxygens (including phenoxy) is 1. The van der Waals surface area contributed by atoms with Crippen LogP contribution in [0.15, 0.2) is 18.2 Å². The molecule has 0 aliphatic carbocycles. The summed E-state index contributed by atoms with van der Waals surface area (Å²) in [6, 6.07) is 2.77. The molecular formula is C13H15F2NO3. The molecule has 1 unspecified atom stereocenters. The Hall–Kier alpha value is -1.98. The molecule has 19 heavy (non-hydrogen) atoms. The van der Waals surface area contributed by atoms with E-state index in [1.807, 2.05) is 0 Å². The number of rotatable bonds is 5. The lowest BCUT2D eigenvalue weighted by molar-refractivity contribution is -0.146. The van der Waals surface area contributed by atoms with Crippen molar-refractivity contribution in [1.29, 1.82) is 0 Å². The number of hydrogen-bond acceptors (Lipinski definition) is 3. The van der Waals surface area contributed by atoms with Gasteiger partial charge in [-0.3, -0.25) is 4.79 Å². The average molecular weight is 271 g/mol. The first-order chi connectivity index (χ1) is 8.95. The van der Waals surface area contributed by atoms with Crippen LogP contribution in [0.5, 0.6) is 0 Å². The molecule has 0 bridgehead atoms. The molecule has 6 heteroatoms. The molecule has 1 rings (SSSR count). The van der Waals surface area contributed by atoms with Crippen molar-refractivity contribution in [3.63, 3.8) is 0 Å². The molecule has 0 saturated carbocycles. The summed E-state index contributed by atoms with van der Waals surface area (Å²) in [7, 11) is 0. The maximum atomic E-state index is 13.3. The van der Waals surface area contributed by atoms with Gasteiger partial charge in [0.15, 0.2) is 11.6 Å². The van der Waals surface area contributed by atoms with Crippen LogP contribution in [0.4, 0.5) is 8.78 Å². The summed E-state index contributed by atoms with van der Waals surface area (Å²) in [5, 5.41) is 2.36. The zero-order valence-corrected chi connectivity index (χ0v) is 10.7. The lowest BCUT2D eigenvalue weighted by atomic mass is 10.1. The number of hydrogen-bond donors (Lipinski definition) is 1. The van der Waals surface area contributed by atoms with E-state index in [9.17, 15) is 18.4 Å². The zero-order valence-electron chi connectivity index (χ0n) is 10.7. The van der Waals surface area contributed by atoms with E-state index in [0.717, 1.165) is 6.07 Å². The molecule has 0 aliphatic heterocycles. The number of carbonyl (C=O) groups excluding carboxylic acids is 2. The van der Waals surface area contributed by atoms with Gasteiger partial charge in [-0.2, -0.15) is 0 Å². The van der Waals surface area contributed by atoms with Gasteiger partial charge in [-0.1, -0.05) is 12.1 Å². The van der Waals surface area contributed by atoms with Crippen molar-refractivity contribution in [3.05, 3.63) is 35.4 Å². The first kappa shape index (κ1) is 15.1. The Morgan fingerprint density at radius 2 is 2.05 bits per heavy atom. The van der Waals surface area contributed by atoms with Gasteiger partial charge in [0, 0.05) is 5.56 Å². The Bertz CT molecular complexity index is 477. The SMILES string of the molecule is CCOC(=O)C(C)NC(=O)Cc1cccc(F)c1F. The Morgan fingerprint density at radius 1 is 1.37 bits per heavy atom. The number of benzene rings is 1. The summed E-state index contributed by atoms with van der Waals surface area (Å²) in [5.41, 5.74) is -0.0615. The molecule has 1 amide bonds. The molecule has 104 valence electrons. The molecule has 1 aromatic rings. The number of esters is 1.